The van der Waals surface area contributed by atoms with Crippen molar-refractivity contribution in [1.82, 2.24) is 24.8 Å². The van der Waals surface area contributed by atoms with Gasteiger partial charge in [-0.3, -0.25) is 9.78 Å². The lowest BCUT2D eigenvalue weighted by Crippen LogP contribution is -2.39. The topological polar surface area (TPSA) is 107 Å². The molecule has 1 aliphatic rings. The van der Waals surface area contributed by atoms with Crippen molar-refractivity contribution in [3.63, 3.8) is 0 Å². The second kappa shape index (κ2) is 7.08. The van der Waals surface area contributed by atoms with Gasteiger partial charge in [0, 0.05) is 19.0 Å². The van der Waals surface area contributed by atoms with Gasteiger partial charge in [0.1, 0.15) is 5.82 Å². The molecule has 3 heterocycles. The minimum absolute atomic E-state index is 0.121. The first kappa shape index (κ1) is 18.7. The van der Waals surface area contributed by atoms with Crippen molar-refractivity contribution < 1.29 is 13.9 Å². The van der Waals surface area contributed by atoms with Crippen LogP contribution < -0.4 is 10.5 Å². The van der Waals surface area contributed by atoms with Gasteiger partial charge in [0.15, 0.2) is 0 Å². The zero-order chi connectivity index (χ0) is 20.7. The molecule has 2 N–H and O–H groups in total. The number of hydrogen-bond acceptors (Lipinski definition) is 7. The fourth-order valence-electron chi connectivity index (χ4n) is 3.66. The van der Waals surface area contributed by atoms with Crippen LogP contribution in [0.15, 0.2) is 30.6 Å². The van der Waals surface area contributed by atoms with Gasteiger partial charge in [0.2, 0.25) is 11.8 Å². The van der Waals surface area contributed by atoms with E-state index in [0.717, 1.165) is 5.56 Å². The van der Waals surface area contributed by atoms with Gasteiger partial charge in [-0.15, -0.1) is 0 Å². The molecule has 1 aliphatic heterocycles. The number of ether oxygens (including phenoxy) is 1. The average Bonchev–Trinajstić information content (AvgIpc) is 2.70. The van der Waals surface area contributed by atoms with Crippen LogP contribution in [0.25, 0.3) is 11.3 Å². The molecule has 8 nitrogen and oxygen atoms in total. The predicted octanol–water partition coefficient (Wildman–Crippen LogP) is 2.34. The summed E-state index contributed by atoms with van der Waals surface area (Å²) in [5.41, 5.74) is 9.08. The number of nitrogen functional groups attached to an aromatic ring is 1. The SMILES string of the molecule is COc1cncc(-c2cc(F)ccc2C2Cc3nc(N)nc(C)c3C(=O)N2C)n1. The number of rotatable bonds is 3. The van der Waals surface area contributed by atoms with Crippen LogP contribution in [0.4, 0.5) is 10.3 Å². The largest absolute Gasteiger partial charge is 0.480 e. The van der Waals surface area contributed by atoms with Crippen LogP contribution in [0.3, 0.4) is 0 Å². The second-order valence-electron chi connectivity index (χ2n) is 6.80. The Hall–Kier alpha value is -3.62. The van der Waals surface area contributed by atoms with Gasteiger partial charge >= 0.3 is 0 Å². The average molecular weight is 394 g/mol. The van der Waals surface area contributed by atoms with E-state index in [1.54, 1.807) is 24.9 Å². The minimum Gasteiger partial charge on any atom is -0.480 e. The number of carbonyl (C=O) groups is 1. The van der Waals surface area contributed by atoms with E-state index in [-0.39, 0.29) is 17.9 Å². The van der Waals surface area contributed by atoms with E-state index in [1.807, 2.05) is 0 Å². The van der Waals surface area contributed by atoms with E-state index in [1.165, 1.54) is 31.6 Å². The lowest BCUT2D eigenvalue weighted by atomic mass is 9.89. The first-order valence-corrected chi connectivity index (χ1v) is 8.95. The van der Waals surface area contributed by atoms with Gasteiger partial charge < -0.3 is 15.4 Å². The summed E-state index contributed by atoms with van der Waals surface area (Å²) in [7, 11) is 3.19. The lowest BCUT2D eigenvalue weighted by Gasteiger charge is -2.35. The van der Waals surface area contributed by atoms with Crippen molar-refractivity contribution in [1.29, 1.82) is 0 Å². The minimum atomic E-state index is -0.416. The van der Waals surface area contributed by atoms with Gasteiger partial charge in [-0.1, -0.05) is 6.07 Å². The Labute approximate surface area is 166 Å². The smallest absolute Gasteiger partial charge is 0.257 e. The van der Waals surface area contributed by atoms with Crippen LogP contribution in [0.1, 0.15) is 33.4 Å². The second-order valence-corrected chi connectivity index (χ2v) is 6.80. The first-order valence-electron chi connectivity index (χ1n) is 8.95. The van der Waals surface area contributed by atoms with E-state index in [9.17, 15) is 9.18 Å². The number of halogens is 1. The third-order valence-electron chi connectivity index (χ3n) is 5.04. The van der Waals surface area contributed by atoms with Crippen molar-refractivity contribution in [2.24, 2.45) is 0 Å². The number of benzene rings is 1. The van der Waals surface area contributed by atoms with Crippen molar-refractivity contribution in [2.45, 2.75) is 19.4 Å². The highest BCUT2D eigenvalue weighted by Gasteiger charge is 2.35. The van der Waals surface area contributed by atoms with E-state index in [4.69, 9.17) is 10.5 Å². The maximum absolute atomic E-state index is 14.1. The van der Waals surface area contributed by atoms with Crippen LogP contribution in [0.2, 0.25) is 0 Å². The number of carbonyl (C=O) groups excluding carboxylic acids is 1. The Morgan fingerprint density at radius 3 is 2.79 bits per heavy atom. The number of amides is 1. The Kier molecular flexibility index (Phi) is 4.57. The van der Waals surface area contributed by atoms with Crippen LogP contribution >= 0.6 is 0 Å². The molecule has 1 atom stereocenters. The number of aromatic nitrogens is 4. The first-order chi connectivity index (χ1) is 13.9. The Morgan fingerprint density at radius 2 is 2.03 bits per heavy atom. The quantitative estimate of drug-likeness (QED) is 0.726. The zero-order valence-corrected chi connectivity index (χ0v) is 16.2. The number of fused-ring (bicyclic) bond motifs is 1. The molecular weight excluding hydrogens is 375 g/mol. The molecule has 29 heavy (non-hydrogen) atoms. The predicted molar refractivity (Wildman–Crippen MR) is 104 cm³/mol. The molecule has 1 unspecified atom stereocenters. The number of aryl methyl sites for hydroxylation is 1. The maximum atomic E-state index is 14.1. The molecule has 4 rings (SSSR count). The van der Waals surface area contributed by atoms with Crippen molar-refractivity contribution >= 4 is 11.9 Å². The number of likely N-dealkylation sites (N-methyl/N-ethyl adjacent to an activating group) is 1. The number of nitrogens with two attached hydrogens (primary N) is 1. The molecule has 1 amide bonds. The van der Waals surface area contributed by atoms with Crippen molar-refractivity contribution in [3.8, 4) is 17.1 Å². The van der Waals surface area contributed by atoms with Gasteiger partial charge in [0.05, 0.1) is 48.2 Å². The molecule has 9 heteroatoms. The summed E-state index contributed by atoms with van der Waals surface area (Å²) in [5.74, 6) is -0.190. The Morgan fingerprint density at radius 1 is 1.24 bits per heavy atom. The monoisotopic (exact) mass is 394 g/mol. The van der Waals surface area contributed by atoms with Crippen LogP contribution in [-0.4, -0.2) is 44.9 Å². The van der Waals surface area contributed by atoms with Gasteiger partial charge in [-0.2, -0.15) is 0 Å². The van der Waals surface area contributed by atoms with Crippen LogP contribution in [0, 0.1) is 12.7 Å². The Balaban J connectivity index is 1.86. The highest BCUT2D eigenvalue weighted by atomic mass is 19.1. The van der Waals surface area contributed by atoms with E-state index in [0.29, 0.717) is 40.5 Å². The Bertz CT molecular complexity index is 1120. The fraction of sp³-hybridized carbons (Fsp3) is 0.250. The highest BCUT2D eigenvalue weighted by Crippen LogP contribution is 2.37. The molecule has 0 aliphatic carbocycles. The van der Waals surface area contributed by atoms with E-state index >= 15 is 0 Å². The standard InChI is InChI=1S/C20H19FN6O2/c1-10-18-14(26-20(22)24-10)7-16(27(2)19(18)28)12-5-4-11(21)6-13(12)15-8-23-9-17(25-15)29-3/h4-6,8-9,16H,7H2,1-3H3,(H2,22,24,26). The van der Waals surface area contributed by atoms with E-state index < -0.39 is 5.82 Å². The molecule has 1 aromatic carbocycles. The molecule has 0 saturated heterocycles. The molecular formula is C20H19FN6O2. The van der Waals surface area contributed by atoms with Gasteiger partial charge in [-0.25, -0.2) is 19.3 Å². The van der Waals surface area contributed by atoms with E-state index in [2.05, 4.69) is 19.9 Å². The number of nitrogens with zero attached hydrogens (tertiary/aromatic N) is 5. The van der Waals surface area contributed by atoms with Crippen LogP contribution in [0.5, 0.6) is 5.88 Å². The normalized spacial score (nSPS) is 15.9. The number of methoxy groups -OCH3 is 1. The third kappa shape index (κ3) is 3.24. The number of hydrogen-bond donors (Lipinski definition) is 1. The molecule has 0 radical (unpaired) electrons. The molecule has 0 bridgehead atoms. The summed E-state index contributed by atoms with van der Waals surface area (Å²) in [4.78, 5) is 31.5. The fourth-order valence-corrected chi connectivity index (χ4v) is 3.66. The van der Waals surface area contributed by atoms with Gasteiger partial charge in [0.25, 0.3) is 5.91 Å². The molecule has 0 spiro atoms. The summed E-state index contributed by atoms with van der Waals surface area (Å²) in [6, 6.07) is 4.02. The van der Waals surface area contributed by atoms with Crippen molar-refractivity contribution in [3.05, 3.63) is 58.9 Å². The summed E-state index contributed by atoms with van der Waals surface area (Å²) in [6.07, 6.45) is 3.42. The lowest BCUT2D eigenvalue weighted by molar-refractivity contribution is 0.0701. The maximum Gasteiger partial charge on any atom is 0.257 e. The molecule has 3 aromatic rings. The molecule has 148 valence electrons. The summed E-state index contributed by atoms with van der Waals surface area (Å²) >= 11 is 0. The number of anilines is 1. The summed E-state index contributed by atoms with van der Waals surface area (Å²) in [6.45, 7) is 1.73. The van der Waals surface area contributed by atoms with Crippen molar-refractivity contribution in [2.75, 3.05) is 19.9 Å². The summed E-state index contributed by atoms with van der Waals surface area (Å²) < 4.78 is 19.2. The van der Waals surface area contributed by atoms with Crippen LogP contribution in [-0.2, 0) is 6.42 Å². The highest BCUT2D eigenvalue weighted by molar-refractivity contribution is 5.97. The molecule has 0 fully saturated rings. The molecule has 0 saturated carbocycles. The third-order valence-corrected chi connectivity index (χ3v) is 5.04. The summed E-state index contributed by atoms with van der Waals surface area (Å²) in [5, 5.41) is 0. The zero-order valence-electron chi connectivity index (χ0n) is 16.2. The molecule has 2 aromatic heterocycles. The van der Waals surface area contributed by atoms with Gasteiger partial charge in [-0.05, 0) is 24.6 Å².